The third-order valence-electron chi connectivity index (χ3n) is 4.50. The molecule has 0 saturated heterocycles. The smallest absolute Gasteiger partial charge is 0.105 e. The molecule has 1 aliphatic rings. The summed E-state index contributed by atoms with van der Waals surface area (Å²) in [6.07, 6.45) is 7.85. The molecule has 0 bridgehead atoms. The van der Waals surface area contributed by atoms with Crippen molar-refractivity contribution in [3.63, 3.8) is 0 Å². The number of hydrogen-bond acceptors (Lipinski definition) is 4. The highest BCUT2D eigenvalue weighted by Gasteiger charge is 2.21. The quantitative estimate of drug-likeness (QED) is 0.545. The lowest BCUT2D eigenvalue weighted by molar-refractivity contribution is 0.220. The molecule has 0 heterocycles. The van der Waals surface area contributed by atoms with Crippen molar-refractivity contribution in [3.8, 4) is 0 Å². The van der Waals surface area contributed by atoms with Gasteiger partial charge >= 0.3 is 0 Å². The minimum atomic E-state index is -0.625. The second-order valence-corrected chi connectivity index (χ2v) is 5.90. The molecule has 0 radical (unpaired) electrons. The fourth-order valence-electron chi connectivity index (χ4n) is 3.35. The minimum absolute atomic E-state index is 0.230. The van der Waals surface area contributed by atoms with Crippen LogP contribution < -0.4 is 17.2 Å². The first-order valence-electron chi connectivity index (χ1n) is 9.67. The lowest BCUT2D eigenvalue weighted by Crippen LogP contribution is -2.06. The molecule has 3 aromatic carbocycles. The molecule has 0 saturated carbocycles. The minimum Gasteiger partial charge on any atom is -0.384 e. The summed E-state index contributed by atoms with van der Waals surface area (Å²) in [6, 6.07) is 22.4. The molecule has 1 unspecified atom stereocenters. The highest BCUT2D eigenvalue weighted by molar-refractivity contribution is 5.88. The van der Waals surface area contributed by atoms with Gasteiger partial charge in [-0.1, -0.05) is 91.0 Å². The highest BCUT2D eigenvalue weighted by Crippen LogP contribution is 2.37. The molecule has 4 heteroatoms. The molecule has 4 nitrogen and oxygen atoms in total. The summed E-state index contributed by atoms with van der Waals surface area (Å²) in [4.78, 5) is 0. The maximum absolute atomic E-state index is 11.1. The number of allylic oxidation sites excluding steroid dienone is 4. The van der Waals surface area contributed by atoms with Gasteiger partial charge in [0.2, 0.25) is 0 Å². The Balaban J connectivity index is 0.000000644. The van der Waals surface area contributed by atoms with Crippen molar-refractivity contribution < 1.29 is 5.11 Å². The first-order chi connectivity index (χ1) is 14.3. The van der Waals surface area contributed by atoms with Gasteiger partial charge < -0.3 is 22.3 Å². The average molecular weight is 392 g/mol. The third kappa shape index (κ3) is 5.86. The summed E-state index contributed by atoms with van der Waals surface area (Å²) >= 11 is 0. The molecular weight excluding hydrogens is 358 g/mol. The van der Waals surface area contributed by atoms with E-state index in [1.54, 1.807) is 0 Å². The van der Waals surface area contributed by atoms with Crippen molar-refractivity contribution in [3.05, 3.63) is 108 Å². The fourth-order valence-corrected chi connectivity index (χ4v) is 3.35. The van der Waals surface area contributed by atoms with Gasteiger partial charge in [-0.25, -0.2) is 0 Å². The molecule has 0 amide bonds. The predicted octanol–water partition coefficient (Wildman–Crippen LogP) is 3.86. The van der Waals surface area contributed by atoms with Crippen molar-refractivity contribution >= 4 is 10.8 Å². The van der Waals surface area contributed by atoms with Gasteiger partial charge in [0.15, 0.2) is 0 Å². The van der Waals surface area contributed by atoms with Crippen LogP contribution in [0.3, 0.4) is 0 Å². The standard InChI is InChI=1S/C22H18O.3CH5N/c23-22(18-11-2-1-3-12-18)21-19-13-7-6-10-17(19)14-15-20(21)16-8-4-5-9-16;3*1-2/h1-16,22-23H;3*2H2,1H3. The summed E-state index contributed by atoms with van der Waals surface area (Å²) in [5, 5.41) is 13.4. The summed E-state index contributed by atoms with van der Waals surface area (Å²) in [5.41, 5.74) is 16.6. The van der Waals surface area contributed by atoms with Crippen LogP contribution in [-0.2, 0) is 0 Å². The predicted molar refractivity (Wildman–Crippen MR) is 126 cm³/mol. The summed E-state index contributed by atoms with van der Waals surface area (Å²) in [6.45, 7) is 0. The van der Waals surface area contributed by atoms with Crippen LogP contribution in [0.2, 0.25) is 0 Å². The van der Waals surface area contributed by atoms with E-state index in [1.807, 2.05) is 42.5 Å². The maximum Gasteiger partial charge on any atom is 0.105 e. The summed E-state index contributed by atoms with van der Waals surface area (Å²) in [5.74, 6) is 0.230. The summed E-state index contributed by atoms with van der Waals surface area (Å²) in [7, 11) is 4.50. The molecule has 4 rings (SSSR count). The lowest BCUT2D eigenvalue weighted by atomic mass is 9.86. The molecule has 0 aliphatic heterocycles. The first kappa shape index (κ1) is 24.3. The van der Waals surface area contributed by atoms with E-state index in [0.717, 1.165) is 21.9 Å². The van der Waals surface area contributed by atoms with E-state index in [1.165, 1.54) is 26.7 Å². The zero-order valence-corrected chi connectivity index (χ0v) is 17.5. The van der Waals surface area contributed by atoms with Crippen molar-refractivity contribution in [2.45, 2.75) is 12.0 Å². The Morgan fingerprint density at radius 1 is 0.690 bits per heavy atom. The van der Waals surface area contributed by atoms with E-state index in [2.05, 4.69) is 65.8 Å². The molecule has 0 fully saturated rings. The van der Waals surface area contributed by atoms with Crippen molar-refractivity contribution in [1.29, 1.82) is 0 Å². The number of aliphatic hydroxyl groups is 1. The molecule has 154 valence electrons. The molecule has 0 spiro atoms. The number of nitrogens with two attached hydrogens (primary N) is 3. The summed E-state index contributed by atoms with van der Waals surface area (Å²) < 4.78 is 0. The van der Waals surface area contributed by atoms with Gasteiger partial charge in [0, 0.05) is 5.92 Å². The van der Waals surface area contributed by atoms with Gasteiger partial charge in [-0.15, -0.1) is 0 Å². The van der Waals surface area contributed by atoms with E-state index >= 15 is 0 Å². The van der Waals surface area contributed by atoms with Crippen molar-refractivity contribution in [1.82, 2.24) is 0 Å². The normalized spacial score (nSPS) is 12.8. The Morgan fingerprint density at radius 2 is 1.24 bits per heavy atom. The van der Waals surface area contributed by atoms with Crippen LogP contribution in [0.4, 0.5) is 0 Å². The van der Waals surface area contributed by atoms with Gasteiger partial charge in [0.25, 0.3) is 0 Å². The number of rotatable bonds is 3. The monoisotopic (exact) mass is 391 g/mol. The third-order valence-corrected chi connectivity index (χ3v) is 4.50. The molecule has 0 aromatic heterocycles. The van der Waals surface area contributed by atoms with E-state index in [0.29, 0.717) is 0 Å². The first-order valence-corrected chi connectivity index (χ1v) is 9.67. The molecular formula is C25H33N3O. The Kier molecular flexibility index (Phi) is 11.2. The second-order valence-electron chi connectivity index (χ2n) is 5.90. The van der Waals surface area contributed by atoms with E-state index < -0.39 is 6.10 Å². The van der Waals surface area contributed by atoms with Gasteiger partial charge in [-0.2, -0.15) is 0 Å². The fraction of sp³-hybridized carbons (Fsp3) is 0.200. The van der Waals surface area contributed by atoms with Crippen LogP contribution in [-0.4, -0.2) is 26.2 Å². The van der Waals surface area contributed by atoms with E-state index in [-0.39, 0.29) is 5.92 Å². The van der Waals surface area contributed by atoms with Gasteiger partial charge in [0.05, 0.1) is 0 Å². The Morgan fingerprint density at radius 3 is 1.86 bits per heavy atom. The highest BCUT2D eigenvalue weighted by atomic mass is 16.3. The number of hydrogen-bond donors (Lipinski definition) is 4. The molecule has 1 aliphatic carbocycles. The number of aliphatic hydroxyl groups excluding tert-OH is 1. The Hall–Kier alpha value is -2.76. The van der Waals surface area contributed by atoms with Crippen LogP contribution in [0.1, 0.15) is 28.7 Å². The van der Waals surface area contributed by atoms with Crippen molar-refractivity contribution in [2.75, 3.05) is 21.1 Å². The molecule has 29 heavy (non-hydrogen) atoms. The van der Waals surface area contributed by atoms with Gasteiger partial charge in [0.1, 0.15) is 6.10 Å². The zero-order chi connectivity index (χ0) is 21.6. The van der Waals surface area contributed by atoms with Crippen LogP contribution in [0.5, 0.6) is 0 Å². The van der Waals surface area contributed by atoms with Crippen molar-refractivity contribution in [2.24, 2.45) is 17.2 Å². The van der Waals surface area contributed by atoms with Crippen LogP contribution in [0, 0.1) is 0 Å². The largest absolute Gasteiger partial charge is 0.384 e. The van der Waals surface area contributed by atoms with E-state index in [4.69, 9.17) is 0 Å². The van der Waals surface area contributed by atoms with Gasteiger partial charge in [-0.3, -0.25) is 0 Å². The Labute approximate surface area is 174 Å². The second kappa shape index (κ2) is 13.4. The number of benzene rings is 3. The maximum atomic E-state index is 11.1. The van der Waals surface area contributed by atoms with Crippen LogP contribution in [0.25, 0.3) is 10.8 Å². The SMILES string of the molecule is CN.CN.CN.OC(c1ccccc1)c1c(C2C=CC=C2)ccc2ccccc12. The average Bonchev–Trinajstić information content (AvgIpc) is 3.37. The molecule has 1 atom stereocenters. The van der Waals surface area contributed by atoms with E-state index in [9.17, 15) is 5.11 Å². The lowest BCUT2D eigenvalue weighted by Gasteiger charge is -2.21. The molecule has 7 N–H and O–H groups in total. The molecule has 3 aromatic rings. The van der Waals surface area contributed by atoms with Crippen LogP contribution >= 0.6 is 0 Å². The topological polar surface area (TPSA) is 98.3 Å². The Bertz CT molecular complexity index is 892. The van der Waals surface area contributed by atoms with Crippen LogP contribution in [0.15, 0.2) is 91.0 Å². The zero-order valence-electron chi connectivity index (χ0n) is 17.5. The van der Waals surface area contributed by atoms with Gasteiger partial charge in [-0.05, 0) is 48.6 Å². The number of fused-ring (bicyclic) bond motifs is 1.